The minimum absolute atomic E-state index is 0. The Balaban J connectivity index is -0.0000000800. The van der Waals surface area contributed by atoms with E-state index in [0.29, 0.717) is 0 Å². The Hall–Kier alpha value is 0.843. The third-order valence-electron chi connectivity index (χ3n) is 0.447. The maximum Gasteiger partial charge on any atom is 2.00 e. The summed E-state index contributed by atoms with van der Waals surface area (Å²) in [4.78, 5) is 0. The SMILES string of the molecule is CC[N-]CC.[CH3-].[Zr+2]. The summed E-state index contributed by atoms with van der Waals surface area (Å²) in [5.41, 5.74) is 0. The summed E-state index contributed by atoms with van der Waals surface area (Å²) in [6.45, 7) is 6.03. The Morgan fingerprint density at radius 2 is 1.43 bits per heavy atom. The first-order chi connectivity index (χ1) is 2.41. The predicted octanol–water partition coefficient (Wildman–Crippen LogP) is 1.85. The smallest absolute Gasteiger partial charge is 0.663 e. The number of hydrogen-bond acceptors (Lipinski definition) is 0. The topological polar surface area (TPSA) is 14.1 Å². The van der Waals surface area contributed by atoms with E-state index in [1.165, 1.54) is 0 Å². The molecule has 0 aliphatic rings. The predicted molar refractivity (Wildman–Crippen MR) is 30.9 cm³/mol. The molecular weight excluding hydrogens is 165 g/mol. The first kappa shape index (κ1) is 15.7. The second-order valence-electron chi connectivity index (χ2n) is 0.856. The summed E-state index contributed by atoms with van der Waals surface area (Å²) in [6, 6.07) is 0. The van der Waals surface area contributed by atoms with Gasteiger partial charge in [-0.15, -0.1) is 0 Å². The van der Waals surface area contributed by atoms with Crippen molar-refractivity contribution in [3.05, 3.63) is 12.7 Å². The van der Waals surface area contributed by atoms with Gasteiger partial charge in [-0.05, 0) is 0 Å². The van der Waals surface area contributed by atoms with Gasteiger partial charge in [0.15, 0.2) is 0 Å². The minimum Gasteiger partial charge on any atom is -0.663 e. The average molecular weight is 178 g/mol. The molecule has 0 heterocycles. The van der Waals surface area contributed by atoms with Crippen molar-refractivity contribution in [1.82, 2.24) is 0 Å². The van der Waals surface area contributed by atoms with Crippen LogP contribution in [0, 0.1) is 7.43 Å². The molecular formula is C5H13NZr. The van der Waals surface area contributed by atoms with Crippen LogP contribution in [0.4, 0.5) is 0 Å². The summed E-state index contributed by atoms with van der Waals surface area (Å²) in [5.74, 6) is 0. The molecule has 1 nitrogen and oxygen atoms in total. The van der Waals surface area contributed by atoms with Gasteiger partial charge in [0.2, 0.25) is 0 Å². The fourth-order valence-corrected chi connectivity index (χ4v) is 0.224. The van der Waals surface area contributed by atoms with E-state index in [-0.39, 0.29) is 33.6 Å². The molecule has 0 bridgehead atoms. The van der Waals surface area contributed by atoms with Gasteiger partial charge >= 0.3 is 26.2 Å². The first-order valence-corrected chi connectivity index (χ1v) is 2.05. The molecule has 0 aliphatic heterocycles. The Labute approximate surface area is 66.0 Å². The Bertz CT molecular complexity index is 15.6. The van der Waals surface area contributed by atoms with Crippen molar-refractivity contribution < 1.29 is 26.2 Å². The van der Waals surface area contributed by atoms with Gasteiger partial charge in [-0.2, -0.15) is 13.1 Å². The molecule has 42 valence electrons. The average Bonchev–Trinajstić information content (AvgIpc) is 1.41. The molecule has 0 aromatic carbocycles. The van der Waals surface area contributed by atoms with Crippen molar-refractivity contribution in [3.8, 4) is 0 Å². The van der Waals surface area contributed by atoms with E-state index in [1.54, 1.807) is 0 Å². The molecule has 0 N–H and O–H groups in total. The molecule has 0 unspecified atom stereocenters. The standard InChI is InChI=1S/C4H10N.CH3.Zr/c1-3-5-4-2;;/h3-4H2,1-2H3;1H3;/q2*-1;+2. The molecule has 7 heavy (non-hydrogen) atoms. The molecule has 0 saturated heterocycles. The zero-order valence-corrected chi connectivity index (χ0v) is 7.82. The quantitative estimate of drug-likeness (QED) is 0.573. The maximum absolute atomic E-state index is 3.97. The third kappa shape index (κ3) is 19.9. The van der Waals surface area contributed by atoms with Gasteiger partial charge in [0, 0.05) is 0 Å². The van der Waals surface area contributed by atoms with Crippen LogP contribution < -0.4 is 0 Å². The molecule has 0 spiro atoms. The van der Waals surface area contributed by atoms with Crippen molar-refractivity contribution in [1.29, 1.82) is 0 Å². The summed E-state index contributed by atoms with van der Waals surface area (Å²) in [7, 11) is 0. The normalized spacial score (nSPS) is 6.00. The van der Waals surface area contributed by atoms with E-state index in [9.17, 15) is 0 Å². The van der Waals surface area contributed by atoms with E-state index in [1.807, 2.05) is 13.8 Å². The van der Waals surface area contributed by atoms with E-state index >= 15 is 0 Å². The zero-order valence-electron chi connectivity index (χ0n) is 5.36. The second-order valence-corrected chi connectivity index (χ2v) is 0.856. The third-order valence-corrected chi connectivity index (χ3v) is 0.447. The molecule has 0 aromatic heterocycles. The van der Waals surface area contributed by atoms with Crippen molar-refractivity contribution in [2.45, 2.75) is 13.8 Å². The van der Waals surface area contributed by atoms with Crippen LogP contribution in [0.5, 0.6) is 0 Å². The molecule has 0 aliphatic carbocycles. The number of nitrogens with zero attached hydrogens (tertiary/aromatic N) is 1. The van der Waals surface area contributed by atoms with Gasteiger partial charge in [0.25, 0.3) is 0 Å². The minimum atomic E-state index is 0. The molecule has 2 heteroatoms. The van der Waals surface area contributed by atoms with Gasteiger partial charge in [-0.1, -0.05) is 13.8 Å². The van der Waals surface area contributed by atoms with E-state index in [0.717, 1.165) is 13.1 Å². The van der Waals surface area contributed by atoms with Crippen LogP contribution in [-0.4, -0.2) is 13.1 Å². The zero-order chi connectivity index (χ0) is 4.12. The number of hydrogen-bond donors (Lipinski definition) is 0. The molecule has 0 amide bonds. The monoisotopic (exact) mass is 177 g/mol. The van der Waals surface area contributed by atoms with Crippen LogP contribution in [0.1, 0.15) is 13.8 Å². The summed E-state index contributed by atoms with van der Waals surface area (Å²) in [6.07, 6.45) is 0. The van der Waals surface area contributed by atoms with Gasteiger partial charge in [-0.3, -0.25) is 0 Å². The van der Waals surface area contributed by atoms with Gasteiger partial charge in [0.1, 0.15) is 0 Å². The summed E-state index contributed by atoms with van der Waals surface area (Å²) >= 11 is 0. The molecule has 0 atom stereocenters. The fourth-order valence-electron chi connectivity index (χ4n) is 0.224. The van der Waals surface area contributed by atoms with E-state index in [2.05, 4.69) is 5.32 Å². The number of rotatable bonds is 2. The second kappa shape index (κ2) is 15.8. The van der Waals surface area contributed by atoms with Crippen LogP contribution in [0.25, 0.3) is 5.32 Å². The molecule has 0 fully saturated rings. The molecule has 0 aromatic rings. The van der Waals surface area contributed by atoms with E-state index in [4.69, 9.17) is 0 Å². The molecule has 0 rings (SSSR count). The Morgan fingerprint density at radius 1 is 1.14 bits per heavy atom. The Kier molecular flexibility index (Phi) is 35.4. The van der Waals surface area contributed by atoms with Gasteiger partial charge in [0.05, 0.1) is 0 Å². The van der Waals surface area contributed by atoms with Crippen LogP contribution >= 0.6 is 0 Å². The van der Waals surface area contributed by atoms with Crippen molar-refractivity contribution >= 4 is 0 Å². The van der Waals surface area contributed by atoms with Crippen molar-refractivity contribution in [3.63, 3.8) is 0 Å². The molecule has 0 saturated carbocycles. The maximum atomic E-state index is 3.97. The summed E-state index contributed by atoms with van der Waals surface area (Å²) < 4.78 is 0. The van der Waals surface area contributed by atoms with Gasteiger partial charge < -0.3 is 12.7 Å². The van der Waals surface area contributed by atoms with Crippen LogP contribution in [0.3, 0.4) is 0 Å². The van der Waals surface area contributed by atoms with Crippen LogP contribution in [0.15, 0.2) is 0 Å². The Morgan fingerprint density at radius 3 is 1.43 bits per heavy atom. The van der Waals surface area contributed by atoms with Crippen molar-refractivity contribution in [2.75, 3.05) is 13.1 Å². The molecule has 0 radical (unpaired) electrons. The van der Waals surface area contributed by atoms with E-state index < -0.39 is 0 Å². The largest absolute Gasteiger partial charge is 2.00 e. The van der Waals surface area contributed by atoms with Crippen LogP contribution in [0.2, 0.25) is 0 Å². The first-order valence-electron chi connectivity index (χ1n) is 2.05. The van der Waals surface area contributed by atoms with Crippen LogP contribution in [-0.2, 0) is 26.2 Å². The van der Waals surface area contributed by atoms with Crippen molar-refractivity contribution in [2.24, 2.45) is 0 Å². The summed E-state index contributed by atoms with van der Waals surface area (Å²) in [5, 5.41) is 3.97. The fraction of sp³-hybridized carbons (Fsp3) is 0.800. The van der Waals surface area contributed by atoms with Gasteiger partial charge in [-0.25, -0.2) is 0 Å².